The molecular formula is C15H13BrClNO. The lowest BCUT2D eigenvalue weighted by Crippen LogP contribution is -2.12. The number of benzene rings is 2. The molecule has 1 amide bonds. The average Bonchev–Trinajstić information content (AvgIpc) is 2.31. The van der Waals surface area contributed by atoms with Crippen LogP contribution in [0.15, 0.2) is 40.9 Å². The Morgan fingerprint density at radius 3 is 2.32 bits per heavy atom. The van der Waals surface area contributed by atoms with Crippen molar-refractivity contribution in [1.82, 2.24) is 0 Å². The molecule has 0 fully saturated rings. The maximum atomic E-state index is 12.1. The molecule has 2 nitrogen and oxygen atoms in total. The van der Waals surface area contributed by atoms with Crippen molar-refractivity contribution in [2.75, 3.05) is 5.32 Å². The molecule has 0 bridgehead atoms. The molecule has 0 heterocycles. The van der Waals surface area contributed by atoms with Gasteiger partial charge in [0.1, 0.15) is 0 Å². The molecule has 19 heavy (non-hydrogen) atoms. The van der Waals surface area contributed by atoms with Crippen LogP contribution in [0.1, 0.15) is 21.5 Å². The van der Waals surface area contributed by atoms with Crippen molar-refractivity contribution in [1.29, 1.82) is 0 Å². The number of carbonyl (C=O) groups excluding carboxylic acids is 1. The van der Waals surface area contributed by atoms with Gasteiger partial charge >= 0.3 is 0 Å². The first-order valence-corrected chi connectivity index (χ1v) is 6.97. The molecule has 0 saturated heterocycles. The fourth-order valence-electron chi connectivity index (χ4n) is 1.89. The highest BCUT2D eigenvalue weighted by atomic mass is 79.9. The van der Waals surface area contributed by atoms with Crippen molar-refractivity contribution in [2.45, 2.75) is 13.8 Å². The summed E-state index contributed by atoms with van der Waals surface area (Å²) >= 11 is 9.22. The third-order valence-electron chi connectivity index (χ3n) is 2.66. The Labute approximate surface area is 125 Å². The third kappa shape index (κ3) is 3.58. The summed E-state index contributed by atoms with van der Waals surface area (Å²) in [4.78, 5) is 12.1. The number of carbonyl (C=O) groups is 1. The van der Waals surface area contributed by atoms with E-state index in [4.69, 9.17) is 11.6 Å². The number of rotatable bonds is 2. The molecule has 0 atom stereocenters. The van der Waals surface area contributed by atoms with Gasteiger partial charge in [-0.1, -0.05) is 17.7 Å². The molecule has 0 aliphatic rings. The Kier molecular flexibility index (Phi) is 4.27. The standard InChI is InChI=1S/C15H13BrClNO/c1-9-5-10(2)7-12(6-9)18-15(19)11-3-4-14(17)13(16)8-11/h3-8H,1-2H3,(H,18,19). The highest BCUT2D eigenvalue weighted by Gasteiger charge is 2.08. The zero-order valence-corrected chi connectivity index (χ0v) is 13.0. The number of amides is 1. The van der Waals surface area contributed by atoms with E-state index in [0.717, 1.165) is 16.8 Å². The second-order valence-electron chi connectivity index (χ2n) is 4.46. The first kappa shape index (κ1) is 14.1. The highest BCUT2D eigenvalue weighted by Crippen LogP contribution is 2.24. The smallest absolute Gasteiger partial charge is 0.255 e. The molecule has 0 aromatic heterocycles. The molecule has 0 saturated carbocycles. The quantitative estimate of drug-likeness (QED) is 0.823. The van der Waals surface area contributed by atoms with Gasteiger partial charge < -0.3 is 5.32 Å². The van der Waals surface area contributed by atoms with E-state index in [1.165, 1.54) is 0 Å². The molecule has 98 valence electrons. The van der Waals surface area contributed by atoms with Gasteiger partial charge in [-0.25, -0.2) is 0 Å². The predicted molar refractivity (Wildman–Crippen MR) is 83.0 cm³/mol. The minimum atomic E-state index is -0.151. The zero-order valence-electron chi connectivity index (χ0n) is 10.6. The molecule has 4 heteroatoms. The molecule has 0 radical (unpaired) electrons. The summed E-state index contributed by atoms with van der Waals surface area (Å²) in [5.41, 5.74) is 3.60. The van der Waals surface area contributed by atoms with E-state index in [9.17, 15) is 4.79 Å². The topological polar surface area (TPSA) is 29.1 Å². The van der Waals surface area contributed by atoms with Gasteiger partial charge in [0.2, 0.25) is 0 Å². The van der Waals surface area contributed by atoms with Crippen LogP contribution in [-0.4, -0.2) is 5.91 Å². The SMILES string of the molecule is Cc1cc(C)cc(NC(=O)c2ccc(Cl)c(Br)c2)c1. The molecule has 2 aromatic carbocycles. The Hall–Kier alpha value is -1.32. The highest BCUT2D eigenvalue weighted by molar-refractivity contribution is 9.10. The van der Waals surface area contributed by atoms with Crippen LogP contribution in [0.4, 0.5) is 5.69 Å². The number of halogens is 2. The van der Waals surface area contributed by atoms with Crippen molar-refractivity contribution in [2.24, 2.45) is 0 Å². The third-order valence-corrected chi connectivity index (χ3v) is 3.88. The second kappa shape index (κ2) is 5.76. The minimum Gasteiger partial charge on any atom is -0.322 e. The molecule has 1 N–H and O–H groups in total. The second-order valence-corrected chi connectivity index (χ2v) is 5.72. The summed E-state index contributed by atoms with van der Waals surface area (Å²) < 4.78 is 0.710. The number of hydrogen-bond donors (Lipinski definition) is 1. The van der Waals surface area contributed by atoms with Gasteiger partial charge in [0, 0.05) is 15.7 Å². The molecular weight excluding hydrogens is 326 g/mol. The lowest BCUT2D eigenvalue weighted by atomic mass is 10.1. The van der Waals surface area contributed by atoms with Crippen LogP contribution in [0.2, 0.25) is 5.02 Å². The monoisotopic (exact) mass is 337 g/mol. The van der Waals surface area contributed by atoms with E-state index in [2.05, 4.69) is 27.3 Å². The predicted octanol–water partition coefficient (Wildman–Crippen LogP) is 4.97. The van der Waals surface area contributed by atoms with Crippen LogP contribution in [0.3, 0.4) is 0 Å². The number of nitrogens with one attached hydrogen (secondary N) is 1. The summed E-state index contributed by atoms with van der Waals surface area (Å²) in [5, 5.41) is 3.47. The summed E-state index contributed by atoms with van der Waals surface area (Å²) in [6.45, 7) is 4.00. The van der Waals surface area contributed by atoms with E-state index in [0.29, 0.717) is 15.1 Å². The Morgan fingerprint density at radius 1 is 1.11 bits per heavy atom. The van der Waals surface area contributed by atoms with Crippen molar-refractivity contribution in [3.8, 4) is 0 Å². The lowest BCUT2D eigenvalue weighted by Gasteiger charge is -2.08. The van der Waals surface area contributed by atoms with Crippen molar-refractivity contribution < 1.29 is 4.79 Å². The van der Waals surface area contributed by atoms with Crippen LogP contribution in [0, 0.1) is 13.8 Å². The summed E-state index contributed by atoms with van der Waals surface area (Å²) in [6, 6.07) is 11.0. The largest absolute Gasteiger partial charge is 0.322 e. The van der Waals surface area contributed by atoms with Gasteiger partial charge in [-0.05, 0) is 71.2 Å². The van der Waals surface area contributed by atoms with Crippen LogP contribution >= 0.6 is 27.5 Å². The average molecular weight is 339 g/mol. The fraction of sp³-hybridized carbons (Fsp3) is 0.133. The van der Waals surface area contributed by atoms with Crippen molar-refractivity contribution in [3.05, 3.63) is 62.6 Å². The maximum absolute atomic E-state index is 12.1. The molecule has 0 unspecified atom stereocenters. The van der Waals surface area contributed by atoms with E-state index < -0.39 is 0 Å². The Morgan fingerprint density at radius 2 is 1.74 bits per heavy atom. The van der Waals surface area contributed by atoms with Gasteiger partial charge in [-0.2, -0.15) is 0 Å². The first-order chi connectivity index (χ1) is 8.95. The van der Waals surface area contributed by atoms with Crippen molar-refractivity contribution in [3.63, 3.8) is 0 Å². The van der Waals surface area contributed by atoms with Gasteiger partial charge in [0.15, 0.2) is 0 Å². The van der Waals surface area contributed by atoms with Gasteiger partial charge in [-0.15, -0.1) is 0 Å². The van der Waals surface area contributed by atoms with Gasteiger partial charge in [0.25, 0.3) is 5.91 Å². The zero-order chi connectivity index (χ0) is 14.0. The van der Waals surface area contributed by atoms with Crippen LogP contribution in [0.25, 0.3) is 0 Å². The van der Waals surface area contributed by atoms with Crippen LogP contribution in [0.5, 0.6) is 0 Å². The van der Waals surface area contributed by atoms with E-state index in [1.54, 1.807) is 18.2 Å². The molecule has 0 aliphatic heterocycles. The van der Waals surface area contributed by atoms with E-state index in [-0.39, 0.29) is 5.91 Å². The molecule has 2 aromatic rings. The number of anilines is 1. The number of aryl methyl sites for hydroxylation is 2. The van der Waals surface area contributed by atoms with E-state index in [1.807, 2.05) is 26.0 Å². The molecule has 0 spiro atoms. The van der Waals surface area contributed by atoms with E-state index >= 15 is 0 Å². The summed E-state index contributed by atoms with van der Waals surface area (Å²) in [7, 11) is 0. The molecule has 2 rings (SSSR count). The lowest BCUT2D eigenvalue weighted by molar-refractivity contribution is 0.102. The normalized spacial score (nSPS) is 10.3. The summed E-state index contributed by atoms with van der Waals surface area (Å²) in [6.07, 6.45) is 0. The summed E-state index contributed by atoms with van der Waals surface area (Å²) in [5.74, 6) is -0.151. The number of hydrogen-bond acceptors (Lipinski definition) is 1. The minimum absolute atomic E-state index is 0.151. The van der Waals surface area contributed by atoms with Gasteiger partial charge in [-0.3, -0.25) is 4.79 Å². The fourth-order valence-corrected chi connectivity index (χ4v) is 2.38. The van der Waals surface area contributed by atoms with Crippen LogP contribution < -0.4 is 5.32 Å². The maximum Gasteiger partial charge on any atom is 0.255 e. The first-order valence-electron chi connectivity index (χ1n) is 5.80. The van der Waals surface area contributed by atoms with Gasteiger partial charge in [0.05, 0.1) is 5.02 Å². The Bertz CT molecular complexity index is 620. The van der Waals surface area contributed by atoms with Crippen molar-refractivity contribution >= 4 is 39.1 Å². The molecule has 0 aliphatic carbocycles. The Balaban J connectivity index is 2.22. The van der Waals surface area contributed by atoms with Crippen LogP contribution in [-0.2, 0) is 0 Å².